The van der Waals surface area contributed by atoms with E-state index in [2.05, 4.69) is 4.72 Å². The topological polar surface area (TPSA) is 90.2 Å². The van der Waals surface area contributed by atoms with E-state index >= 15 is 0 Å². The second-order valence-corrected chi connectivity index (χ2v) is 6.63. The van der Waals surface area contributed by atoms with Gasteiger partial charge in [0.1, 0.15) is 10.7 Å². The molecule has 0 bridgehead atoms. The number of rotatable bonds is 6. The number of nitrogens with zero attached hydrogens (tertiary/aromatic N) is 1. The van der Waals surface area contributed by atoms with Crippen LogP contribution in [0.3, 0.4) is 0 Å². The number of sulfonamides is 1. The first-order chi connectivity index (χ1) is 9.26. The smallest absolute Gasteiger partial charge is 0.243 e. The van der Waals surface area contributed by atoms with E-state index in [1.807, 2.05) is 13.8 Å². The molecule has 0 aliphatic heterocycles. The third-order valence-corrected chi connectivity index (χ3v) is 4.06. The summed E-state index contributed by atoms with van der Waals surface area (Å²) in [4.78, 5) is -0.534. The lowest BCUT2D eigenvalue weighted by molar-refractivity contribution is 0.152. The van der Waals surface area contributed by atoms with Crippen molar-refractivity contribution in [2.75, 3.05) is 6.54 Å². The van der Waals surface area contributed by atoms with Gasteiger partial charge in [0.2, 0.25) is 10.0 Å². The van der Waals surface area contributed by atoms with Crippen LogP contribution >= 0.6 is 0 Å². The Morgan fingerprint density at radius 2 is 2.10 bits per heavy atom. The van der Waals surface area contributed by atoms with Gasteiger partial charge in [-0.05, 0) is 30.5 Å². The van der Waals surface area contributed by atoms with Gasteiger partial charge in [0.05, 0.1) is 17.7 Å². The molecule has 0 saturated carbocycles. The quantitative estimate of drug-likeness (QED) is 0.830. The van der Waals surface area contributed by atoms with E-state index in [0.717, 1.165) is 12.1 Å². The summed E-state index contributed by atoms with van der Waals surface area (Å²) in [6, 6.07) is 4.84. The highest BCUT2D eigenvalue weighted by Crippen LogP contribution is 2.16. The number of hydrogen-bond acceptors (Lipinski definition) is 4. The lowest BCUT2D eigenvalue weighted by atomic mass is 10.1. The molecule has 0 heterocycles. The molecule has 2 N–H and O–H groups in total. The Hall–Kier alpha value is -1.49. The summed E-state index contributed by atoms with van der Waals surface area (Å²) >= 11 is 0. The van der Waals surface area contributed by atoms with Crippen LogP contribution in [0, 0.1) is 23.1 Å². The van der Waals surface area contributed by atoms with Crippen molar-refractivity contribution in [2.45, 2.75) is 31.3 Å². The zero-order valence-electron chi connectivity index (χ0n) is 11.3. The van der Waals surface area contributed by atoms with Crippen molar-refractivity contribution in [1.82, 2.24) is 4.72 Å². The summed E-state index contributed by atoms with van der Waals surface area (Å²) in [6.45, 7) is 3.62. The van der Waals surface area contributed by atoms with E-state index in [1.54, 1.807) is 6.07 Å². The second kappa shape index (κ2) is 6.79. The number of benzene rings is 1. The van der Waals surface area contributed by atoms with Crippen molar-refractivity contribution in [3.05, 3.63) is 29.6 Å². The highest BCUT2D eigenvalue weighted by atomic mass is 32.2. The van der Waals surface area contributed by atoms with E-state index in [1.165, 1.54) is 6.07 Å². The molecule has 0 aliphatic carbocycles. The van der Waals surface area contributed by atoms with Gasteiger partial charge in [-0.2, -0.15) is 5.26 Å². The largest absolute Gasteiger partial charge is 0.392 e. The van der Waals surface area contributed by atoms with E-state index in [-0.39, 0.29) is 18.0 Å². The van der Waals surface area contributed by atoms with Crippen LogP contribution in [0.1, 0.15) is 25.8 Å². The minimum atomic E-state index is -4.04. The van der Waals surface area contributed by atoms with Crippen molar-refractivity contribution in [3.8, 4) is 6.07 Å². The van der Waals surface area contributed by atoms with Gasteiger partial charge < -0.3 is 5.11 Å². The molecule has 110 valence electrons. The summed E-state index contributed by atoms with van der Waals surface area (Å²) in [5.41, 5.74) is 0.0429. The summed E-state index contributed by atoms with van der Waals surface area (Å²) in [5, 5.41) is 18.2. The van der Waals surface area contributed by atoms with E-state index in [9.17, 15) is 17.9 Å². The van der Waals surface area contributed by atoms with Gasteiger partial charge >= 0.3 is 0 Å². The maximum absolute atomic E-state index is 13.6. The lowest BCUT2D eigenvalue weighted by Gasteiger charge is -2.14. The van der Waals surface area contributed by atoms with Gasteiger partial charge in [0, 0.05) is 6.54 Å². The zero-order valence-corrected chi connectivity index (χ0v) is 12.1. The van der Waals surface area contributed by atoms with E-state index in [0.29, 0.717) is 6.42 Å². The molecular weight excluding hydrogens is 283 g/mol. The number of nitriles is 1. The number of aliphatic hydroxyl groups excluding tert-OH is 1. The SMILES string of the molecule is CC(C)CC(O)CNS(=O)(=O)c1ccc(C#N)cc1F. The standard InChI is InChI=1S/C13H17FN2O3S/c1-9(2)5-11(17)8-16-20(18,19)13-4-3-10(7-15)6-12(13)14/h3-4,6,9,11,16-17H,5,8H2,1-2H3. The van der Waals surface area contributed by atoms with Gasteiger partial charge in [-0.1, -0.05) is 13.8 Å². The molecule has 20 heavy (non-hydrogen) atoms. The van der Waals surface area contributed by atoms with Crippen LogP contribution in [0.25, 0.3) is 0 Å². The average Bonchev–Trinajstić information content (AvgIpc) is 2.35. The first kappa shape index (κ1) is 16.6. The lowest BCUT2D eigenvalue weighted by Crippen LogP contribution is -2.33. The Morgan fingerprint density at radius 3 is 2.60 bits per heavy atom. The van der Waals surface area contributed by atoms with Crippen LogP contribution < -0.4 is 4.72 Å². The zero-order chi connectivity index (χ0) is 15.3. The fourth-order valence-corrected chi connectivity index (χ4v) is 2.83. The molecule has 1 aromatic rings. The molecule has 0 saturated heterocycles. The second-order valence-electron chi connectivity index (χ2n) is 4.89. The molecule has 0 aromatic heterocycles. The molecule has 5 nitrogen and oxygen atoms in total. The van der Waals surface area contributed by atoms with Crippen LogP contribution in [0.5, 0.6) is 0 Å². The first-order valence-corrected chi connectivity index (χ1v) is 7.62. The van der Waals surface area contributed by atoms with Crippen LogP contribution in [0.15, 0.2) is 23.1 Å². The minimum absolute atomic E-state index is 0.0429. The van der Waals surface area contributed by atoms with Gasteiger partial charge in [-0.3, -0.25) is 0 Å². The first-order valence-electron chi connectivity index (χ1n) is 6.13. The van der Waals surface area contributed by atoms with Crippen molar-refractivity contribution >= 4 is 10.0 Å². The van der Waals surface area contributed by atoms with Crippen molar-refractivity contribution in [3.63, 3.8) is 0 Å². The molecule has 1 rings (SSSR count). The maximum Gasteiger partial charge on any atom is 0.243 e. The van der Waals surface area contributed by atoms with E-state index < -0.39 is 26.8 Å². The molecule has 0 amide bonds. The van der Waals surface area contributed by atoms with Crippen LogP contribution in [-0.2, 0) is 10.0 Å². The summed E-state index contributed by atoms with van der Waals surface area (Å²) in [7, 11) is -4.04. The number of aliphatic hydroxyl groups is 1. The molecule has 0 radical (unpaired) electrons. The molecule has 7 heteroatoms. The van der Waals surface area contributed by atoms with Crippen molar-refractivity contribution < 1.29 is 17.9 Å². The fraction of sp³-hybridized carbons (Fsp3) is 0.462. The highest BCUT2D eigenvalue weighted by Gasteiger charge is 2.20. The van der Waals surface area contributed by atoms with Crippen LogP contribution in [0.2, 0.25) is 0 Å². The molecule has 1 atom stereocenters. The van der Waals surface area contributed by atoms with Crippen LogP contribution in [0.4, 0.5) is 4.39 Å². The third-order valence-electron chi connectivity index (χ3n) is 2.60. The Morgan fingerprint density at radius 1 is 1.45 bits per heavy atom. The predicted molar refractivity (Wildman–Crippen MR) is 71.8 cm³/mol. The van der Waals surface area contributed by atoms with Crippen molar-refractivity contribution in [1.29, 1.82) is 5.26 Å². The molecular formula is C13H17FN2O3S. The average molecular weight is 300 g/mol. The summed E-state index contributed by atoms with van der Waals surface area (Å²) in [6.07, 6.45) is -0.385. The Balaban J connectivity index is 2.82. The minimum Gasteiger partial charge on any atom is -0.392 e. The van der Waals surface area contributed by atoms with Gasteiger partial charge in [0.25, 0.3) is 0 Å². The Kier molecular flexibility index (Phi) is 5.62. The van der Waals surface area contributed by atoms with Gasteiger partial charge in [0.15, 0.2) is 0 Å². The number of halogens is 1. The van der Waals surface area contributed by atoms with Gasteiger partial charge in [-0.25, -0.2) is 17.5 Å². The molecule has 0 aliphatic rings. The number of nitrogens with one attached hydrogen (secondary N) is 1. The normalized spacial score (nSPS) is 13.2. The Labute approximate surface area is 118 Å². The highest BCUT2D eigenvalue weighted by molar-refractivity contribution is 7.89. The van der Waals surface area contributed by atoms with E-state index in [4.69, 9.17) is 5.26 Å². The predicted octanol–water partition coefficient (Wildman–Crippen LogP) is 1.38. The maximum atomic E-state index is 13.6. The fourth-order valence-electron chi connectivity index (χ4n) is 1.70. The molecule has 0 spiro atoms. The molecule has 0 fully saturated rings. The van der Waals surface area contributed by atoms with Crippen molar-refractivity contribution in [2.24, 2.45) is 5.92 Å². The van der Waals surface area contributed by atoms with Crippen LogP contribution in [-0.4, -0.2) is 26.2 Å². The third kappa shape index (κ3) is 4.56. The van der Waals surface area contributed by atoms with Gasteiger partial charge in [-0.15, -0.1) is 0 Å². The molecule has 1 aromatic carbocycles. The number of hydrogen-bond donors (Lipinski definition) is 2. The molecule has 1 unspecified atom stereocenters. The monoisotopic (exact) mass is 300 g/mol. The summed E-state index contributed by atoms with van der Waals surface area (Å²) in [5.74, 6) is -0.768. The Bertz CT molecular complexity index is 609. The summed E-state index contributed by atoms with van der Waals surface area (Å²) < 4.78 is 39.6.